The number of nitrogens with one attached hydrogen (secondary N) is 1. The predicted octanol–water partition coefficient (Wildman–Crippen LogP) is 4.02. The van der Waals surface area contributed by atoms with Crippen LogP contribution in [-0.2, 0) is 13.1 Å². The minimum absolute atomic E-state index is 0.166. The van der Waals surface area contributed by atoms with Gasteiger partial charge in [0.25, 0.3) is 5.91 Å². The zero-order valence-corrected chi connectivity index (χ0v) is 17.4. The average molecular weight is 422 g/mol. The van der Waals surface area contributed by atoms with Crippen LogP contribution >= 0.6 is 34.9 Å². The summed E-state index contributed by atoms with van der Waals surface area (Å²) in [5.74, 6) is -0.166. The van der Waals surface area contributed by atoms with E-state index in [2.05, 4.69) is 31.8 Å². The zero-order chi connectivity index (χ0) is 19.2. The van der Waals surface area contributed by atoms with Gasteiger partial charge in [0.05, 0.1) is 17.8 Å². The third-order valence-corrected chi connectivity index (χ3v) is 5.50. The number of nitrogens with zero attached hydrogens (tertiary/aromatic N) is 4. The van der Waals surface area contributed by atoms with E-state index < -0.39 is 0 Å². The molecule has 2 aromatic heterocycles. The van der Waals surface area contributed by atoms with E-state index in [9.17, 15) is 4.79 Å². The largest absolute Gasteiger partial charge is 0.342 e. The minimum atomic E-state index is -0.166. The third kappa shape index (κ3) is 5.24. The molecule has 1 amide bonds. The number of anilines is 1. The van der Waals surface area contributed by atoms with Crippen molar-refractivity contribution in [3.8, 4) is 0 Å². The third-order valence-electron chi connectivity index (χ3n) is 3.88. The monoisotopic (exact) mass is 421 g/mol. The molecule has 1 N–H and O–H groups in total. The molecule has 0 atom stereocenters. The number of benzene rings is 1. The molecular formula is C18H20ClN5OS2. The van der Waals surface area contributed by atoms with Gasteiger partial charge in [-0.2, -0.15) is 5.10 Å². The average Bonchev–Trinajstić information content (AvgIpc) is 3.25. The summed E-state index contributed by atoms with van der Waals surface area (Å²) in [7, 11) is 0. The highest BCUT2D eigenvalue weighted by Gasteiger charge is 2.19. The van der Waals surface area contributed by atoms with Crippen LogP contribution in [0.1, 0.15) is 20.9 Å². The van der Waals surface area contributed by atoms with Crippen LogP contribution in [0.4, 0.5) is 5.13 Å². The Labute approximate surface area is 171 Å². The number of aryl methyl sites for hydroxylation is 1. The number of thiazole rings is 1. The second kappa shape index (κ2) is 9.25. The Morgan fingerprint density at radius 2 is 2.15 bits per heavy atom. The molecule has 0 fully saturated rings. The molecule has 0 unspecified atom stereocenters. The summed E-state index contributed by atoms with van der Waals surface area (Å²) >= 11 is 8.75. The summed E-state index contributed by atoms with van der Waals surface area (Å²) in [6.45, 7) is 3.99. The molecule has 0 aliphatic rings. The molecule has 0 bridgehead atoms. The highest BCUT2D eigenvalue weighted by Crippen LogP contribution is 2.27. The van der Waals surface area contributed by atoms with Gasteiger partial charge < -0.3 is 4.90 Å². The fourth-order valence-electron chi connectivity index (χ4n) is 2.60. The van der Waals surface area contributed by atoms with E-state index in [1.165, 1.54) is 28.8 Å². The lowest BCUT2D eigenvalue weighted by Gasteiger charge is -2.22. The molecule has 142 valence electrons. The van der Waals surface area contributed by atoms with Crippen LogP contribution < -0.4 is 9.62 Å². The topological polar surface area (TPSA) is 63.1 Å². The fraction of sp³-hybridized carbons (Fsp3) is 0.278. The predicted molar refractivity (Wildman–Crippen MR) is 113 cm³/mol. The van der Waals surface area contributed by atoms with E-state index in [4.69, 9.17) is 11.6 Å². The molecule has 0 saturated heterocycles. The summed E-state index contributed by atoms with van der Waals surface area (Å²) in [6.07, 6.45) is 5.24. The summed E-state index contributed by atoms with van der Waals surface area (Å²) in [5, 5.41) is 5.67. The Hall–Kier alpha value is -2.03. The second-order valence-corrected chi connectivity index (χ2v) is 8.10. The van der Waals surface area contributed by atoms with Crippen molar-refractivity contribution in [1.82, 2.24) is 19.5 Å². The normalized spacial score (nSPS) is 10.8. The highest BCUT2D eigenvalue weighted by molar-refractivity contribution is 7.97. The van der Waals surface area contributed by atoms with Crippen molar-refractivity contribution in [3.05, 3.63) is 63.9 Å². The van der Waals surface area contributed by atoms with Gasteiger partial charge in [0.1, 0.15) is 5.69 Å². The molecule has 0 saturated carbocycles. The number of hydrogen-bond acceptors (Lipinski definition) is 6. The molecule has 6 nitrogen and oxygen atoms in total. The molecule has 3 rings (SSSR count). The Bertz CT molecular complexity index is 896. The van der Waals surface area contributed by atoms with Crippen molar-refractivity contribution >= 4 is 45.9 Å². The molecule has 0 spiro atoms. The van der Waals surface area contributed by atoms with Gasteiger partial charge in [0.2, 0.25) is 0 Å². The number of carbonyl (C=O) groups excluding carboxylic acids is 1. The maximum Gasteiger partial charge on any atom is 0.280 e. The smallest absolute Gasteiger partial charge is 0.280 e. The van der Waals surface area contributed by atoms with Gasteiger partial charge >= 0.3 is 0 Å². The lowest BCUT2D eigenvalue weighted by atomic mass is 10.2. The summed E-state index contributed by atoms with van der Waals surface area (Å²) in [4.78, 5) is 19.9. The molecule has 1 aromatic carbocycles. The van der Waals surface area contributed by atoms with Gasteiger partial charge in [-0.1, -0.05) is 53.9 Å². The summed E-state index contributed by atoms with van der Waals surface area (Å²) < 4.78 is 4.55. The molecule has 2 heterocycles. The van der Waals surface area contributed by atoms with Gasteiger partial charge in [-0.05, 0) is 12.5 Å². The van der Waals surface area contributed by atoms with E-state index in [-0.39, 0.29) is 5.91 Å². The van der Waals surface area contributed by atoms with Gasteiger partial charge in [-0.15, -0.1) is 11.3 Å². The van der Waals surface area contributed by atoms with E-state index in [1.54, 1.807) is 12.4 Å². The first kappa shape index (κ1) is 19.7. The molecule has 27 heavy (non-hydrogen) atoms. The van der Waals surface area contributed by atoms with Crippen LogP contribution in [0, 0.1) is 6.92 Å². The number of aromatic nitrogens is 3. The van der Waals surface area contributed by atoms with Crippen molar-refractivity contribution in [3.63, 3.8) is 0 Å². The molecule has 0 aliphatic heterocycles. The summed E-state index contributed by atoms with van der Waals surface area (Å²) in [5.41, 5.74) is 1.66. The van der Waals surface area contributed by atoms with Crippen molar-refractivity contribution in [1.29, 1.82) is 0 Å². The van der Waals surface area contributed by atoms with E-state index in [0.717, 1.165) is 10.0 Å². The zero-order valence-electron chi connectivity index (χ0n) is 15.1. The first-order valence-electron chi connectivity index (χ1n) is 8.34. The highest BCUT2D eigenvalue weighted by atomic mass is 35.5. The quantitative estimate of drug-likeness (QED) is 0.556. The summed E-state index contributed by atoms with van der Waals surface area (Å²) in [6, 6.07) is 10.2. The molecule has 0 radical (unpaired) electrons. The van der Waals surface area contributed by atoms with Crippen LogP contribution in [0.5, 0.6) is 0 Å². The minimum Gasteiger partial charge on any atom is -0.342 e. The maximum absolute atomic E-state index is 12.2. The maximum atomic E-state index is 12.2. The van der Waals surface area contributed by atoms with E-state index >= 15 is 0 Å². The molecular weight excluding hydrogens is 402 g/mol. The number of hydrogen-bond donors (Lipinski definition) is 1. The first-order chi connectivity index (χ1) is 13.1. The number of rotatable bonds is 8. The van der Waals surface area contributed by atoms with Crippen LogP contribution in [0.25, 0.3) is 0 Å². The molecule has 0 aliphatic carbocycles. The Morgan fingerprint density at radius 1 is 1.37 bits per heavy atom. The van der Waals surface area contributed by atoms with Gasteiger partial charge in [-0.3, -0.25) is 14.2 Å². The standard InChI is InChI=1S/C18H20ClN5OS2/c1-13-16(17(25)22-26-2)21-18(27-13)23(11-14-6-4-3-5-7-14)8-9-24-12-15(19)10-20-24/h3-7,10,12H,8-9,11H2,1-2H3,(H,22,25). The number of amides is 1. The Balaban J connectivity index is 1.82. The van der Waals surface area contributed by atoms with Crippen LogP contribution in [0.15, 0.2) is 42.7 Å². The van der Waals surface area contributed by atoms with Gasteiger partial charge in [-0.25, -0.2) is 4.98 Å². The lowest BCUT2D eigenvalue weighted by molar-refractivity contribution is 0.0980. The van der Waals surface area contributed by atoms with Crippen LogP contribution in [-0.4, -0.2) is 33.5 Å². The second-order valence-electron chi connectivity index (χ2n) is 5.87. The van der Waals surface area contributed by atoms with E-state index in [1.807, 2.05) is 36.1 Å². The van der Waals surface area contributed by atoms with E-state index in [0.29, 0.717) is 30.4 Å². The van der Waals surface area contributed by atoms with Crippen molar-refractivity contribution in [2.24, 2.45) is 0 Å². The Morgan fingerprint density at radius 3 is 2.81 bits per heavy atom. The molecule has 3 aromatic rings. The Kier molecular flexibility index (Phi) is 6.76. The van der Waals surface area contributed by atoms with Crippen molar-refractivity contribution in [2.45, 2.75) is 20.0 Å². The van der Waals surface area contributed by atoms with Crippen LogP contribution in [0.3, 0.4) is 0 Å². The lowest BCUT2D eigenvalue weighted by Crippen LogP contribution is -2.27. The van der Waals surface area contributed by atoms with Gasteiger partial charge in [0, 0.05) is 30.4 Å². The van der Waals surface area contributed by atoms with Crippen molar-refractivity contribution in [2.75, 3.05) is 17.7 Å². The van der Waals surface area contributed by atoms with Gasteiger partial charge in [0.15, 0.2) is 5.13 Å². The molecule has 9 heteroatoms. The fourth-order valence-corrected chi connectivity index (χ4v) is 3.97. The van der Waals surface area contributed by atoms with Crippen molar-refractivity contribution < 1.29 is 4.79 Å². The number of carbonyl (C=O) groups is 1. The SMILES string of the molecule is CSNC(=O)c1nc(N(CCn2cc(Cl)cn2)Cc2ccccc2)sc1C. The number of halogens is 1. The van der Waals surface area contributed by atoms with Crippen LogP contribution in [0.2, 0.25) is 5.02 Å². The first-order valence-corrected chi connectivity index (χ1v) is 10.8.